The molecule has 0 saturated carbocycles. The number of phenolic OH excluding ortho intramolecular Hbond substituents is 1. The van der Waals surface area contributed by atoms with E-state index in [1.807, 2.05) is 36.5 Å². The minimum Gasteiger partial charge on any atom is -0.508 e. The van der Waals surface area contributed by atoms with Gasteiger partial charge in [0.15, 0.2) is 0 Å². The average molecular weight is 315 g/mol. The first-order valence-electron chi connectivity index (χ1n) is 7.35. The van der Waals surface area contributed by atoms with Crippen LogP contribution in [0, 0.1) is 0 Å². The summed E-state index contributed by atoms with van der Waals surface area (Å²) in [5.41, 5.74) is 2.43. The highest BCUT2D eigenvalue weighted by molar-refractivity contribution is 5.72. The van der Waals surface area contributed by atoms with E-state index < -0.39 is 6.67 Å². The summed E-state index contributed by atoms with van der Waals surface area (Å²) in [6, 6.07) is 14.8. The van der Waals surface area contributed by atoms with E-state index in [0.717, 1.165) is 5.56 Å². The number of anilines is 2. The number of phenols is 1. The molecule has 0 atom stereocenters. The van der Waals surface area contributed by atoms with E-state index in [1.165, 1.54) is 0 Å². The van der Waals surface area contributed by atoms with Crippen LogP contribution in [-0.2, 0) is 11.5 Å². The summed E-state index contributed by atoms with van der Waals surface area (Å²) in [5, 5.41) is 15.8. The lowest BCUT2D eigenvalue weighted by Gasteiger charge is -2.22. The van der Waals surface area contributed by atoms with Crippen LogP contribution in [0.25, 0.3) is 0 Å². The van der Waals surface area contributed by atoms with Gasteiger partial charge in [0.2, 0.25) is 0 Å². The molecule has 0 saturated heterocycles. The van der Waals surface area contributed by atoms with Gasteiger partial charge >= 0.3 is 0 Å². The molecule has 2 aromatic carbocycles. The summed E-state index contributed by atoms with van der Waals surface area (Å²) in [7, 11) is 0. The van der Waals surface area contributed by atoms with Crippen molar-refractivity contribution in [3.8, 4) is 5.75 Å². The van der Waals surface area contributed by atoms with Gasteiger partial charge in [-0.05, 0) is 17.7 Å². The molecule has 0 unspecified atom stereocenters. The molecule has 2 N–H and O–H groups in total. The molecule has 2 aromatic rings. The lowest BCUT2D eigenvalue weighted by molar-refractivity contribution is -0.112. The zero-order valence-corrected chi connectivity index (χ0v) is 12.5. The first kappa shape index (κ1) is 15.2. The molecule has 0 fully saturated rings. The van der Waals surface area contributed by atoms with Crippen LogP contribution in [0.1, 0.15) is 5.56 Å². The third-order valence-electron chi connectivity index (χ3n) is 3.37. The molecule has 0 aromatic heterocycles. The largest absolute Gasteiger partial charge is 0.508 e. The number of rotatable bonds is 6. The number of nitrogens with one attached hydrogen (secondary N) is 1. The zero-order chi connectivity index (χ0) is 16.1. The lowest BCUT2D eigenvalue weighted by Crippen LogP contribution is -2.22. The minimum atomic E-state index is -0.494. The Kier molecular flexibility index (Phi) is 4.63. The van der Waals surface area contributed by atoms with Crippen LogP contribution >= 0.6 is 0 Å². The molecule has 23 heavy (non-hydrogen) atoms. The third-order valence-corrected chi connectivity index (χ3v) is 3.37. The molecule has 0 spiro atoms. The first-order valence-corrected chi connectivity index (χ1v) is 7.35. The van der Waals surface area contributed by atoms with Crippen molar-refractivity contribution >= 4 is 11.4 Å². The number of hydrogen-bond donors (Lipinski definition) is 2. The lowest BCUT2D eigenvalue weighted by atomic mass is 10.2. The molecule has 1 heterocycles. The van der Waals surface area contributed by atoms with Gasteiger partial charge < -0.3 is 10.4 Å². The summed E-state index contributed by atoms with van der Waals surface area (Å²) >= 11 is 0. The second kappa shape index (κ2) is 7.02. The van der Waals surface area contributed by atoms with Gasteiger partial charge in [-0.25, -0.2) is 14.5 Å². The molecule has 0 bridgehead atoms. The molecular formula is C17H18FN3O2. The van der Waals surface area contributed by atoms with Crippen LogP contribution < -0.4 is 10.4 Å². The van der Waals surface area contributed by atoms with E-state index in [4.69, 9.17) is 4.94 Å². The highest BCUT2D eigenvalue weighted by atomic mass is 19.1. The number of hydrogen-bond acceptors (Lipinski definition) is 5. The maximum atomic E-state index is 12.4. The van der Waals surface area contributed by atoms with E-state index in [0.29, 0.717) is 17.9 Å². The van der Waals surface area contributed by atoms with Crippen molar-refractivity contribution in [1.82, 2.24) is 5.06 Å². The number of hydroxylamine groups is 3. The summed E-state index contributed by atoms with van der Waals surface area (Å²) in [4.78, 5) is 5.75. The van der Waals surface area contributed by atoms with E-state index in [9.17, 15) is 9.50 Å². The first-order chi connectivity index (χ1) is 11.3. The second-order valence-corrected chi connectivity index (χ2v) is 5.08. The number of alkyl halides is 1. The average Bonchev–Trinajstić information content (AvgIpc) is 3.02. The predicted molar refractivity (Wildman–Crippen MR) is 87.3 cm³/mol. The Morgan fingerprint density at radius 2 is 1.91 bits per heavy atom. The van der Waals surface area contributed by atoms with Crippen LogP contribution in [0.2, 0.25) is 0 Å². The van der Waals surface area contributed by atoms with Crippen molar-refractivity contribution in [1.29, 1.82) is 0 Å². The summed E-state index contributed by atoms with van der Waals surface area (Å²) in [6.45, 7) is 0.285. The fourth-order valence-electron chi connectivity index (χ4n) is 2.31. The molecule has 0 amide bonds. The Hall–Kier alpha value is -2.73. The van der Waals surface area contributed by atoms with Gasteiger partial charge in [-0.1, -0.05) is 30.3 Å². The molecule has 0 aliphatic carbocycles. The summed E-state index contributed by atoms with van der Waals surface area (Å²) in [6.07, 6.45) is 3.59. The van der Waals surface area contributed by atoms with E-state index in [1.54, 1.807) is 34.5 Å². The number of nitrogens with zero attached hydrogens (tertiary/aromatic N) is 2. The van der Waals surface area contributed by atoms with Crippen molar-refractivity contribution in [3.05, 3.63) is 66.5 Å². The molecule has 1 aliphatic heterocycles. The highest BCUT2D eigenvalue weighted by Gasteiger charge is 2.19. The fourth-order valence-corrected chi connectivity index (χ4v) is 2.31. The summed E-state index contributed by atoms with van der Waals surface area (Å²) < 4.78 is 12.4. The molecule has 5 nitrogen and oxygen atoms in total. The van der Waals surface area contributed by atoms with Crippen LogP contribution in [0.4, 0.5) is 15.8 Å². The Labute approximate surface area is 134 Å². The quantitative estimate of drug-likeness (QED) is 0.855. The molecule has 6 heteroatoms. The maximum Gasteiger partial charge on any atom is 0.117 e. The van der Waals surface area contributed by atoms with Crippen LogP contribution in [0.5, 0.6) is 5.75 Å². The van der Waals surface area contributed by atoms with E-state index >= 15 is 0 Å². The Bertz CT molecular complexity index is 679. The van der Waals surface area contributed by atoms with Gasteiger partial charge in [0.25, 0.3) is 0 Å². The monoisotopic (exact) mass is 315 g/mol. The van der Waals surface area contributed by atoms with Crippen molar-refractivity contribution in [2.24, 2.45) is 0 Å². The van der Waals surface area contributed by atoms with Gasteiger partial charge in [-0.2, -0.15) is 0 Å². The normalized spacial score (nSPS) is 13.6. The van der Waals surface area contributed by atoms with Crippen molar-refractivity contribution in [3.63, 3.8) is 0 Å². The van der Waals surface area contributed by atoms with Gasteiger partial charge in [0.05, 0.1) is 24.1 Å². The predicted octanol–water partition coefficient (Wildman–Crippen LogP) is 3.41. The molecule has 1 aliphatic rings. The molecule has 120 valence electrons. The molecular weight excluding hydrogens is 297 g/mol. The van der Waals surface area contributed by atoms with Gasteiger partial charge in [0, 0.05) is 18.8 Å². The van der Waals surface area contributed by atoms with Gasteiger partial charge in [-0.15, -0.1) is 4.94 Å². The highest BCUT2D eigenvalue weighted by Crippen LogP contribution is 2.32. The Morgan fingerprint density at radius 1 is 1.09 bits per heavy atom. The van der Waals surface area contributed by atoms with Crippen LogP contribution in [-0.4, -0.2) is 23.4 Å². The molecule has 3 rings (SSSR count). The second-order valence-electron chi connectivity index (χ2n) is 5.08. The van der Waals surface area contributed by atoms with Gasteiger partial charge in [0.1, 0.15) is 12.4 Å². The topological polar surface area (TPSA) is 48.0 Å². The minimum absolute atomic E-state index is 0.111. The Morgan fingerprint density at radius 3 is 2.70 bits per heavy atom. The van der Waals surface area contributed by atoms with E-state index in [2.05, 4.69) is 5.32 Å². The van der Waals surface area contributed by atoms with E-state index in [-0.39, 0.29) is 12.3 Å². The van der Waals surface area contributed by atoms with Crippen molar-refractivity contribution in [2.45, 2.75) is 6.54 Å². The molecule has 0 radical (unpaired) electrons. The zero-order valence-electron chi connectivity index (χ0n) is 12.5. The van der Waals surface area contributed by atoms with Gasteiger partial charge in [-0.3, -0.25) is 0 Å². The third kappa shape index (κ3) is 3.73. The smallest absolute Gasteiger partial charge is 0.117 e. The Balaban J connectivity index is 1.70. The standard InChI is InChI=1S/C17H18FN3O2/c18-8-9-19-16-12-15(22)6-7-17(16)21-11-10-20(23-21)13-14-4-2-1-3-5-14/h1-7,10-12,19,22H,8-9,13H2. The van der Waals surface area contributed by atoms with Crippen molar-refractivity contribution in [2.75, 3.05) is 23.6 Å². The summed E-state index contributed by atoms with van der Waals surface area (Å²) in [5.74, 6) is 0.111. The number of halogens is 1. The number of aromatic hydroxyl groups is 1. The van der Waals surface area contributed by atoms with Crippen molar-refractivity contribution < 1.29 is 14.4 Å². The maximum absolute atomic E-state index is 12.4. The SMILES string of the molecule is Oc1ccc(N2C=CN(Cc3ccccc3)O2)c(NCCF)c1. The number of benzene rings is 2. The van der Waals surface area contributed by atoms with Crippen LogP contribution in [0.15, 0.2) is 60.9 Å². The van der Waals surface area contributed by atoms with Crippen LogP contribution in [0.3, 0.4) is 0 Å². The fraction of sp³-hybridized carbons (Fsp3) is 0.176.